The minimum atomic E-state index is -0.516. The Labute approximate surface area is 183 Å². The Kier molecular flexibility index (Phi) is 7.40. The zero-order valence-corrected chi connectivity index (χ0v) is 18.5. The second-order valence-corrected chi connectivity index (χ2v) is 8.57. The van der Waals surface area contributed by atoms with Crippen molar-refractivity contribution in [2.24, 2.45) is 0 Å². The number of hydrogen-bond acceptors (Lipinski definition) is 6. The first-order chi connectivity index (χ1) is 14.0. The highest BCUT2D eigenvalue weighted by Crippen LogP contribution is 2.21. The van der Waals surface area contributed by atoms with Crippen molar-refractivity contribution in [3.8, 4) is 0 Å². The van der Waals surface area contributed by atoms with E-state index in [4.69, 9.17) is 0 Å². The number of hydrogen-bond donors (Lipinski definition) is 2. The lowest BCUT2D eigenvalue weighted by Gasteiger charge is -2.09. The minimum Gasteiger partial charge on any atom is -0.344 e. The van der Waals surface area contributed by atoms with Crippen LogP contribution in [0.1, 0.15) is 22.4 Å². The summed E-state index contributed by atoms with van der Waals surface area (Å²) < 4.78 is 16.3. The first-order valence-corrected chi connectivity index (χ1v) is 11.2. The lowest BCUT2D eigenvalue weighted by Crippen LogP contribution is -2.24. The summed E-state index contributed by atoms with van der Waals surface area (Å²) >= 11 is 5.73. The van der Waals surface area contributed by atoms with Gasteiger partial charge >= 0.3 is 0 Å². The van der Waals surface area contributed by atoms with Gasteiger partial charge < -0.3 is 15.2 Å². The molecule has 0 fully saturated rings. The van der Waals surface area contributed by atoms with Crippen molar-refractivity contribution in [2.45, 2.75) is 25.2 Å². The number of anilines is 1. The van der Waals surface area contributed by atoms with E-state index in [1.165, 1.54) is 35.2 Å². The summed E-state index contributed by atoms with van der Waals surface area (Å²) in [5.41, 5.74) is 0.118. The van der Waals surface area contributed by atoms with Crippen LogP contribution in [-0.2, 0) is 17.9 Å². The maximum Gasteiger partial charge on any atom is 0.261 e. The van der Waals surface area contributed by atoms with Gasteiger partial charge in [0.1, 0.15) is 5.82 Å². The predicted molar refractivity (Wildman–Crippen MR) is 115 cm³/mol. The molecule has 0 saturated heterocycles. The minimum absolute atomic E-state index is 0.0508. The Morgan fingerprint density at radius 1 is 1.31 bits per heavy atom. The van der Waals surface area contributed by atoms with E-state index < -0.39 is 5.82 Å². The molecule has 0 saturated carbocycles. The number of carbonyl (C=O) groups is 2. The van der Waals surface area contributed by atoms with Crippen LogP contribution >= 0.6 is 39.0 Å². The van der Waals surface area contributed by atoms with E-state index in [1.807, 2.05) is 22.9 Å². The summed E-state index contributed by atoms with van der Waals surface area (Å²) in [6, 6.07) is 7.99. The van der Waals surface area contributed by atoms with Crippen molar-refractivity contribution < 1.29 is 14.0 Å². The van der Waals surface area contributed by atoms with Crippen molar-refractivity contribution in [3.05, 3.63) is 56.7 Å². The normalized spacial score (nSPS) is 10.7. The topological polar surface area (TPSA) is 88.9 Å². The molecule has 0 aliphatic rings. The predicted octanol–water partition coefficient (Wildman–Crippen LogP) is 3.92. The number of nitrogens with zero attached hydrogens (tertiary/aromatic N) is 3. The van der Waals surface area contributed by atoms with Gasteiger partial charge in [-0.2, -0.15) is 0 Å². The molecule has 0 aliphatic carbocycles. The lowest BCUT2D eigenvalue weighted by atomic mass is 10.3. The Morgan fingerprint density at radius 2 is 2.14 bits per heavy atom. The highest BCUT2D eigenvalue weighted by atomic mass is 79.9. The van der Waals surface area contributed by atoms with Gasteiger partial charge in [0.2, 0.25) is 5.91 Å². The highest BCUT2D eigenvalue weighted by Gasteiger charge is 2.15. The summed E-state index contributed by atoms with van der Waals surface area (Å²) in [4.78, 5) is 24.8. The summed E-state index contributed by atoms with van der Waals surface area (Å²) in [6.45, 7) is 2.74. The fourth-order valence-corrected chi connectivity index (χ4v) is 4.23. The number of benzene rings is 1. The molecule has 2 aromatic heterocycles. The molecule has 7 nitrogen and oxygen atoms in total. The molecule has 2 amide bonds. The van der Waals surface area contributed by atoms with Crippen molar-refractivity contribution >= 4 is 56.5 Å². The molecule has 29 heavy (non-hydrogen) atoms. The molecule has 2 heterocycles. The number of halogens is 2. The molecule has 0 spiro atoms. The van der Waals surface area contributed by atoms with Crippen LogP contribution in [0.4, 0.5) is 10.1 Å². The Bertz CT molecular complexity index is 1010. The fourth-order valence-electron chi connectivity index (χ4n) is 2.44. The fraction of sp³-hybridized carbons (Fsp3) is 0.222. The number of thiophene rings is 1. The highest BCUT2D eigenvalue weighted by molar-refractivity contribution is 9.10. The third-order valence-corrected chi connectivity index (χ3v) is 6.13. The van der Waals surface area contributed by atoms with Crippen LogP contribution in [-0.4, -0.2) is 32.3 Å². The standard InChI is InChI=1S/C18H17BrFN5O2S2/c1-2-25-15(9-21-17(27)14-4-3-7-28-14)23-24-18(25)29-10-16(26)22-13-6-5-11(19)8-12(13)20/h3-8H,2,9-10H2,1H3,(H,21,27)(H,22,26). The molecule has 0 radical (unpaired) electrons. The number of nitrogens with one attached hydrogen (secondary N) is 2. The van der Waals surface area contributed by atoms with Crippen molar-refractivity contribution in [1.82, 2.24) is 20.1 Å². The van der Waals surface area contributed by atoms with E-state index >= 15 is 0 Å². The Hall–Kier alpha value is -2.24. The molecule has 0 bridgehead atoms. The van der Waals surface area contributed by atoms with Gasteiger partial charge in [-0.25, -0.2) is 4.39 Å². The largest absolute Gasteiger partial charge is 0.344 e. The molecule has 0 unspecified atom stereocenters. The van der Waals surface area contributed by atoms with Gasteiger partial charge in [0.05, 0.1) is 22.9 Å². The lowest BCUT2D eigenvalue weighted by molar-refractivity contribution is -0.113. The zero-order valence-electron chi connectivity index (χ0n) is 15.3. The molecule has 2 N–H and O–H groups in total. The Morgan fingerprint density at radius 3 is 2.83 bits per heavy atom. The van der Waals surface area contributed by atoms with Gasteiger partial charge in [0.15, 0.2) is 11.0 Å². The van der Waals surface area contributed by atoms with Gasteiger partial charge in [-0.1, -0.05) is 33.8 Å². The molecule has 0 aliphatic heterocycles. The van der Waals surface area contributed by atoms with E-state index in [9.17, 15) is 14.0 Å². The number of thioether (sulfide) groups is 1. The molecule has 0 atom stereocenters. The maximum atomic E-state index is 13.8. The average Bonchev–Trinajstić information content (AvgIpc) is 3.36. The maximum absolute atomic E-state index is 13.8. The zero-order chi connectivity index (χ0) is 20.8. The smallest absolute Gasteiger partial charge is 0.261 e. The van der Waals surface area contributed by atoms with Crippen LogP contribution in [0.3, 0.4) is 0 Å². The molecule has 152 valence electrons. The molecule has 3 rings (SSSR count). The summed E-state index contributed by atoms with van der Waals surface area (Å²) in [6.07, 6.45) is 0. The van der Waals surface area contributed by atoms with Crippen LogP contribution in [0.2, 0.25) is 0 Å². The number of aromatic nitrogens is 3. The van der Waals surface area contributed by atoms with Gasteiger partial charge in [0, 0.05) is 11.0 Å². The van der Waals surface area contributed by atoms with Crippen LogP contribution < -0.4 is 10.6 Å². The number of carbonyl (C=O) groups excluding carboxylic acids is 2. The van der Waals surface area contributed by atoms with E-state index in [0.29, 0.717) is 26.9 Å². The second kappa shape index (κ2) is 9.99. The summed E-state index contributed by atoms with van der Waals surface area (Å²) in [5, 5.41) is 16.0. The van der Waals surface area contributed by atoms with Crippen LogP contribution in [0.15, 0.2) is 45.3 Å². The van der Waals surface area contributed by atoms with Crippen molar-refractivity contribution in [2.75, 3.05) is 11.1 Å². The average molecular weight is 498 g/mol. The molecule has 3 aromatic rings. The van der Waals surface area contributed by atoms with Crippen LogP contribution in [0.5, 0.6) is 0 Å². The molecule has 1 aromatic carbocycles. The number of rotatable bonds is 8. The Balaban J connectivity index is 1.57. The van der Waals surface area contributed by atoms with Crippen molar-refractivity contribution in [3.63, 3.8) is 0 Å². The van der Waals surface area contributed by atoms with Crippen molar-refractivity contribution in [1.29, 1.82) is 0 Å². The third-order valence-electron chi connectivity index (χ3n) is 3.80. The number of amides is 2. The van der Waals surface area contributed by atoms with Crippen LogP contribution in [0.25, 0.3) is 0 Å². The van der Waals surface area contributed by atoms with E-state index in [0.717, 1.165) is 0 Å². The molecular weight excluding hydrogens is 481 g/mol. The van der Waals surface area contributed by atoms with E-state index in [-0.39, 0.29) is 29.8 Å². The first kappa shape index (κ1) is 21.5. The third kappa shape index (κ3) is 5.64. The van der Waals surface area contributed by atoms with Gasteiger partial charge in [0.25, 0.3) is 5.91 Å². The SMILES string of the molecule is CCn1c(CNC(=O)c2cccs2)nnc1SCC(=O)Nc1ccc(Br)cc1F. The van der Waals surface area contributed by atoms with E-state index in [1.54, 1.807) is 12.1 Å². The van der Waals surface area contributed by atoms with Crippen LogP contribution in [0, 0.1) is 5.82 Å². The molecular formula is C18H17BrFN5O2S2. The monoisotopic (exact) mass is 497 g/mol. The quantitative estimate of drug-likeness (QED) is 0.460. The molecule has 11 heteroatoms. The summed E-state index contributed by atoms with van der Waals surface area (Å²) in [5.74, 6) is -0.391. The van der Waals surface area contributed by atoms with Gasteiger partial charge in [-0.05, 0) is 36.6 Å². The van der Waals surface area contributed by atoms with Gasteiger partial charge in [-0.15, -0.1) is 21.5 Å². The summed E-state index contributed by atoms with van der Waals surface area (Å²) in [7, 11) is 0. The van der Waals surface area contributed by atoms with E-state index in [2.05, 4.69) is 36.8 Å². The second-order valence-electron chi connectivity index (χ2n) is 5.76. The first-order valence-electron chi connectivity index (χ1n) is 8.59. The van der Waals surface area contributed by atoms with Gasteiger partial charge in [-0.3, -0.25) is 9.59 Å².